The van der Waals surface area contributed by atoms with Crippen molar-refractivity contribution in [3.05, 3.63) is 84.4 Å². The zero-order valence-electron chi connectivity index (χ0n) is 17.1. The highest BCUT2D eigenvalue weighted by Crippen LogP contribution is 2.38. The number of para-hydroxylation sites is 1. The molecule has 0 saturated carbocycles. The number of carbonyl (C=O) groups excluding carboxylic acids is 1. The second-order valence-corrected chi connectivity index (χ2v) is 9.52. The molecule has 1 amide bonds. The van der Waals surface area contributed by atoms with Gasteiger partial charge in [-0.15, -0.1) is 0 Å². The van der Waals surface area contributed by atoms with Gasteiger partial charge in [0.25, 0.3) is 5.91 Å². The minimum absolute atomic E-state index is 0.153. The largest absolute Gasteiger partial charge is 0.347 e. The molecule has 2 aliphatic rings. The maximum Gasteiger partial charge on any atom is 0.254 e. The number of hydrogen-bond acceptors (Lipinski definition) is 4. The Labute approximate surface area is 185 Å². The molecule has 2 unspecified atom stereocenters. The van der Waals surface area contributed by atoms with Crippen molar-refractivity contribution in [1.82, 2.24) is 9.88 Å². The van der Waals surface area contributed by atoms with E-state index >= 15 is 0 Å². The van der Waals surface area contributed by atoms with Crippen LogP contribution in [0.5, 0.6) is 0 Å². The van der Waals surface area contributed by atoms with E-state index in [0.29, 0.717) is 11.8 Å². The topological polar surface area (TPSA) is 36.4 Å². The maximum absolute atomic E-state index is 13.4. The molecule has 2 saturated heterocycles. The fourth-order valence-electron chi connectivity index (χ4n) is 5.02. The molecule has 0 spiro atoms. The number of nitrogens with zero attached hydrogens (tertiary/aromatic N) is 3. The Hall–Kier alpha value is -3.18. The molecule has 0 bridgehead atoms. The van der Waals surface area contributed by atoms with Crippen LogP contribution in [0.3, 0.4) is 0 Å². The predicted octanol–water partition coefficient (Wildman–Crippen LogP) is 5.17. The minimum Gasteiger partial charge on any atom is -0.347 e. The van der Waals surface area contributed by atoms with E-state index in [9.17, 15) is 4.79 Å². The molecule has 4 nitrogen and oxygen atoms in total. The third kappa shape index (κ3) is 3.29. The van der Waals surface area contributed by atoms with Gasteiger partial charge in [-0.25, -0.2) is 4.98 Å². The molecule has 154 valence electrons. The number of thiazole rings is 1. The molecule has 6 rings (SSSR count). The van der Waals surface area contributed by atoms with Crippen molar-refractivity contribution in [2.75, 3.05) is 31.1 Å². The first-order valence-corrected chi connectivity index (χ1v) is 11.6. The van der Waals surface area contributed by atoms with Crippen molar-refractivity contribution in [1.29, 1.82) is 0 Å². The molecule has 0 radical (unpaired) electrons. The van der Waals surface area contributed by atoms with Gasteiger partial charge in [0.1, 0.15) is 0 Å². The van der Waals surface area contributed by atoms with E-state index in [1.54, 1.807) is 11.3 Å². The highest BCUT2D eigenvalue weighted by Gasteiger charge is 2.42. The average Bonchev–Trinajstić information content (AvgIpc) is 3.52. The lowest BCUT2D eigenvalue weighted by molar-refractivity contribution is 0.0783. The third-order valence-electron chi connectivity index (χ3n) is 6.57. The smallest absolute Gasteiger partial charge is 0.254 e. The lowest BCUT2D eigenvalue weighted by atomic mass is 9.99. The molecule has 2 atom stereocenters. The number of carbonyl (C=O) groups is 1. The van der Waals surface area contributed by atoms with Crippen LogP contribution in [0.15, 0.2) is 78.9 Å². The molecule has 4 aromatic rings. The lowest BCUT2D eigenvalue weighted by Gasteiger charge is -2.22. The summed E-state index contributed by atoms with van der Waals surface area (Å²) in [5.41, 5.74) is 3.99. The van der Waals surface area contributed by atoms with Crippen LogP contribution in [0.1, 0.15) is 10.4 Å². The van der Waals surface area contributed by atoms with Crippen LogP contribution in [0.4, 0.5) is 5.13 Å². The first kappa shape index (κ1) is 18.6. The molecule has 0 aliphatic carbocycles. The highest BCUT2D eigenvalue weighted by atomic mass is 32.1. The zero-order chi connectivity index (χ0) is 20.8. The lowest BCUT2D eigenvalue weighted by Crippen LogP contribution is -2.33. The molecule has 0 N–H and O–H groups in total. The van der Waals surface area contributed by atoms with Gasteiger partial charge in [-0.1, -0.05) is 72.0 Å². The fraction of sp³-hybridized carbons (Fsp3) is 0.231. The summed E-state index contributed by atoms with van der Waals surface area (Å²) in [7, 11) is 0. The Morgan fingerprint density at radius 1 is 0.806 bits per heavy atom. The number of benzene rings is 3. The number of fused-ring (bicyclic) bond motifs is 2. The van der Waals surface area contributed by atoms with Gasteiger partial charge in [-0.05, 0) is 29.3 Å². The number of hydrogen-bond donors (Lipinski definition) is 0. The summed E-state index contributed by atoms with van der Waals surface area (Å²) >= 11 is 1.77. The summed E-state index contributed by atoms with van der Waals surface area (Å²) in [6.45, 7) is 3.62. The number of aromatic nitrogens is 1. The number of rotatable bonds is 3. The van der Waals surface area contributed by atoms with Crippen LogP contribution in [0.25, 0.3) is 21.3 Å². The maximum atomic E-state index is 13.4. The summed E-state index contributed by atoms with van der Waals surface area (Å²) in [6.07, 6.45) is 0. The van der Waals surface area contributed by atoms with Crippen LogP contribution in [-0.2, 0) is 0 Å². The van der Waals surface area contributed by atoms with E-state index in [1.165, 1.54) is 4.70 Å². The van der Waals surface area contributed by atoms with Crippen molar-refractivity contribution in [3.8, 4) is 11.1 Å². The standard InChI is InChI=1S/C26H23N3OS/c30-25(22-11-5-4-10-21(22)18-8-2-1-3-9-18)28-14-19-16-29(17-20(19)15-28)26-27-23-12-6-7-13-24(23)31-26/h1-13,19-20H,14-17H2. The second kappa shape index (κ2) is 7.50. The average molecular weight is 426 g/mol. The second-order valence-electron chi connectivity index (χ2n) is 8.51. The van der Waals surface area contributed by atoms with Gasteiger partial charge in [0.2, 0.25) is 0 Å². The van der Waals surface area contributed by atoms with Crippen LogP contribution in [0.2, 0.25) is 0 Å². The van der Waals surface area contributed by atoms with Gasteiger partial charge >= 0.3 is 0 Å². The first-order chi connectivity index (χ1) is 15.3. The van der Waals surface area contributed by atoms with Gasteiger partial charge in [-0.3, -0.25) is 4.79 Å². The van der Waals surface area contributed by atoms with E-state index in [0.717, 1.165) is 53.5 Å². The fourth-order valence-corrected chi connectivity index (χ4v) is 6.00. The molecule has 2 aliphatic heterocycles. The van der Waals surface area contributed by atoms with Crippen molar-refractivity contribution < 1.29 is 4.79 Å². The van der Waals surface area contributed by atoms with Crippen LogP contribution < -0.4 is 4.90 Å². The quantitative estimate of drug-likeness (QED) is 0.454. The monoisotopic (exact) mass is 425 g/mol. The Kier molecular flexibility index (Phi) is 4.50. The molecule has 2 fully saturated rings. The van der Waals surface area contributed by atoms with Crippen LogP contribution in [0, 0.1) is 11.8 Å². The molecular formula is C26H23N3OS. The molecule has 1 aromatic heterocycles. The summed E-state index contributed by atoms with van der Waals surface area (Å²) in [4.78, 5) is 22.8. The van der Waals surface area contributed by atoms with Crippen molar-refractivity contribution in [2.45, 2.75) is 0 Å². The zero-order valence-corrected chi connectivity index (χ0v) is 18.0. The number of anilines is 1. The number of amides is 1. The highest BCUT2D eigenvalue weighted by molar-refractivity contribution is 7.22. The molecule has 3 heterocycles. The Balaban J connectivity index is 1.19. The van der Waals surface area contributed by atoms with E-state index in [2.05, 4.69) is 40.1 Å². The summed E-state index contributed by atoms with van der Waals surface area (Å²) < 4.78 is 1.24. The van der Waals surface area contributed by atoms with E-state index in [1.807, 2.05) is 48.5 Å². The van der Waals surface area contributed by atoms with Gasteiger partial charge in [0, 0.05) is 43.6 Å². The Bertz CT molecular complexity index is 1200. The summed E-state index contributed by atoms with van der Waals surface area (Å²) in [6, 6.07) is 26.5. The van der Waals surface area contributed by atoms with Gasteiger partial charge in [0.05, 0.1) is 10.2 Å². The molecule has 31 heavy (non-hydrogen) atoms. The first-order valence-electron chi connectivity index (χ1n) is 10.8. The van der Waals surface area contributed by atoms with E-state index in [4.69, 9.17) is 4.98 Å². The normalized spacial score (nSPS) is 20.4. The van der Waals surface area contributed by atoms with Crippen molar-refractivity contribution in [2.24, 2.45) is 11.8 Å². The Morgan fingerprint density at radius 2 is 1.48 bits per heavy atom. The van der Waals surface area contributed by atoms with E-state index < -0.39 is 0 Å². The van der Waals surface area contributed by atoms with Crippen LogP contribution in [-0.4, -0.2) is 42.0 Å². The number of likely N-dealkylation sites (tertiary alicyclic amines) is 1. The summed E-state index contributed by atoms with van der Waals surface area (Å²) in [5.74, 6) is 1.18. The minimum atomic E-state index is 0.153. The predicted molar refractivity (Wildman–Crippen MR) is 127 cm³/mol. The van der Waals surface area contributed by atoms with E-state index in [-0.39, 0.29) is 5.91 Å². The molecule has 3 aromatic carbocycles. The third-order valence-corrected chi connectivity index (χ3v) is 7.67. The van der Waals surface area contributed by atoms with Gasteiger partial charge in [-0.2, -0.15) is 0 Å². The van der Waals surface area contributed by atoms with Gasteiger partial charge in [0.15, 0.2) is 5.13 Å². The summed E-state index contributed by atoms with van der Waals surface area (Å²) in [5, 5.41) is 1.11. The Morgan fingerprint density at radius 3 is 2.26 bits per heavy atom. The SMILES string of the molecule is O=C(c1ccccc1-c1ccccc1)N1CC2CN(c3nc4ccccc4s3)CC2C1. The van der Waals surface area contributed by atoms with Crippen molar-refractivity contribution >= 4 is 32.6 Å². The van der Waals surface area contributed by atoms with Crippen molar-refractivity contribution in [3.63, 3.8) is 0 Å². The molecule has 5 heteroatoms. The van der Waals surface area contributed by atoms with Gasteiger partial charge < -0.3 is 9.80 Å². The van der Waals surface area contributed by atoms with Crippen LogP contribution >= 0.6 is 11.3 Å². The molecular weight excluding hydrogens is 402 g/mol.